The molecule has 6 nitrogen and oxygen atoms in total. The van der Waals surface area contributed by atoms with E-state index >= 15 is 0 Å². The number of anilines is 1. The minimum Gasteiger partial charge on any atom is -0.320 e. The first-order valence-electron chi connectivity index (χ1n) is 6.39. The summed E-state index contributed by atoms with van der Waals surface area (Å²) in [4.78, 5) is 20.4. The summed E-state index contributed by atoms with van der Waals surface area (Å²) in [6, 6.07) is 7.23. The molecule has 6 heteroatoms. The number of aryl methyl sites for hydroxylation is 1. The fraction of sp³-hybridized carbons (Fsp3) is 0.0667. The van der Waals surface area contributed by atoms with Crippen molar-refractivity contribution in [2.24, 2.45) is 7.05 Å². The molecular formula is C15H13N5O. The zero-order valence-corrected chi connectivity index (χ0v) is 11.4. The summed E-state index contributed by atoms with van der Waals surface area (Å²) in [5.41, 5.74) is 2.54. The smallest absolute Gasteiger partial charge is 0.259 e. The molecule has 0 saturated heterocycles. The summed E-state index contributed by atoms with van der Waals surface area (Å²) >= 11 is 0. The van der Waals surface area contributed by atoms with Gasteiger partial charge in [-0.05, 0) is 24.3 Å². The van der Waals surface area contributed by atoms with E-state index in [9.17, 15) is 4.79 Å². The Hall–Kier alpha value is -3.02. The molecule has 0 aliphatic carbocycles. The molecule has 3 heterocycles. The number of carbonyl (C=O) groups excluding carboxylic acids is 1. The predicted molar refractivity (Wildman–Crippen MR) is 78.6 cm³/mol. The SMILES string of the molecule is Cn1cc(C(=O)Nc2cccnc2)c(-c2cccnc2)n1. The van der Waals surface area contributed by atoms with Gasteiger partial charge in [-0.15, -0.1) is 0 Å². The molecule has 0 radical (unpaired) electrons. The lowest BCUT2D eigenvalue weighted by atomic mass is 10.1. The molecule has 3 aromatic heterocycles. The van der Waals surface area contributed by atoms with E-state index in [-0.39, 0.29) is 5.91 Å². The van der Waals surface area contributed by atoms with Crippen LogP contribution in [0.1, 0.15) is 10.4 Å². The van der Waals surface area contributed by atoms with Gasteiger partial charge >= 0.3 is 0 Å². The molecule has 0 atom stereocenters. The summed E-state index contributed by atoms with van der Waals surface area (Å²) in [6.07, 6.45) is 8.30. The monoisotopic (exact) mass is 279 g/mol. The van der Waals surface area contributed by atoms with Crippen molar-refractivity contribution in [2.75, 3.05) is 5.32 Å². The number of aromatic nitrogens is 4. The highest BCUT2D eigenvalue weighted by Crippen LogP contribution is 2.21. The van der Waals surface area contributed by atoms with Crippen LogP contribution in [-0.4, -0.2) is 25.7 Å². The van der Waals surface area contributed by atoms with Crippen molar-refractivity contribution in [2.45, 2.75) is 0 Å². The molecule has 0 unspecified atom stereocenters. The first kappa shape index (κ1) is 13.0. The second-order valence-corrected chi connectivity index (χ2v) is 4.50. The summed E-state index contributed by atoms with van der Waals surface area (Å²) in [5.74, 6) is -0.227. The summed E-state index contributed by atoms with van der Waals surface area (Å²) in [6.45, 7) is 0. The van der Waals surface area contributed by atoms with Gasteiger partial charge in [-0.3, -0.25) is 19.4 Å². The average Bonchev–Trinajstić information content (AvgIpc) is 2.91. The molecule has 1 N–H and O–H groups in total. The van der Waals surface area contributed by atoms with Gasteiger partial charge in [-0.1, -0.05) is 0 Å². The molecule has 0 aliphatic heterocycles. The zero-order chi connectivity index (χ0) is 14.7. The highest BCUT2D eigenvalue weighted by Gasteiger charge is 2.17. The van der Waals surface area contributed by atoms with Gasteiger partial charge in [0.2, 0.25) is 0 Å². The van der Waals surface area contributed by atoms with Crippen LogP contribution in [0.5, 0.6) is 0 Å². The van der Waals surface area contributed by atoms with E-state index in [1.165, 1.54) is 0 Å². The van der Waals surface area contributed by atoms with Crippen molar-refractivity contribution >= 4 is 11.6 Å². The molecule has 104 valence electrons. The topological polar surface area (TPSA) is 72.7 Å². The van der Waals surface area contributed by atoms with E-state index in [4.69, 9.17) is 0 Å². The molecule has 0 aromatic carbocycles. The van der Waals surface area contributed by atoms with E-state index in [2.05, 4.69) is 20.4 Å². The quantitative estimate of drug-likeness (QED) is 0.797. The van der Waals surface area contributed by atoms with Crippen LogP contribution in [0.25, 0.3) is 11.3 Å². The van der Waals surface area contributed by atoms with Gasteiger partial charge in [0, 0.05) is 37.4 Å². The fourth-order valence-corrected chi connectivity index (χ4v) is 2.01. The van der Waals surface area contributed by atoms with Crippen LogP contribution in [-0.2, 0) is 7.05 Å². The Kier molecular flexibility index (Phi) is 3.42. The van der Waals surface area contributed by atoms with Gasteiger partial charge in [0.25, 0.3) is 5.91 Å². The Labute approximate surface area is 121 Å². The van der Waals surface area contributed by atoms with E-state index in [1.807, 2.05) is 12.1 Å². The van der Waals surface area contributed by atoms with E-state index in [0.717, 1.165) is 5.56 Å². The fourth-order valence-electron chi connectivity index (χ4n) is 2.01. The second kappa shape index (κ2) is 5.54. The Morgan fingerprint density at radius 1 is 1.14 bits per heavy atom. The lowest BCUT2D eigenvalue weighted by molar-refractivity contribution is 0.102. The largest absolute Gasteiger partial charge is 0.320 e. The van der Waals surface area contributed by atoms with Crippen LogP contribution in [0.4, 0.5) is 5.69 Å². The maximum atomic E-state index is 12.4. The van der Waals surface area contributed by atoms with E-state index < -0.39 is 0 Å². The van der Waals surface area contributed by atoms with Gasteiger partial charge in [0.05, 0.1) is 17.4 Å². The standard InChI is InChI=1S/C15H13N5O/c1-20-10-13(14(19-20)11-4-2-6-16-8-11)15(21)18-12-5-3-7-17-9-12/h2-10H,1H3,(H,18,21). The summed E-state index contributed by atoms with van der Waals surface area (Å²) in [7, 11) is 1.78. The molecule has 0 aliphatic rings. The van der Waals surface area contributed by atoms with Crippen LogP contribution in [0, 0.1) is 0 Å². The Morgan fingerprint density at radius 3 is 2.57 bits per heavy atom. The zero-order valence-electron chi connectivity index (χ0n) is 11.4. The number of hydrogen-bond donors (Lipinski definition) is 1. The minimum absolute atomic E-state index is 0.227. The predicted octanol–water partition coefficient (Wildman–Crippen LogP) is 2.13. The third kappa shape index (κ3) is 2.79. The lowest BCUT2D eigenvalue weighted by Gasteiger charge is -2.04. The number of nitrogens with zero attached hydrogens (tertiary/aromatic N) is 4. The number of carbonyl (C=O) groups is 1. The van der Waals surface area contributed by atoms with Crippen molar-refractivity contribution < 1.29 is 4.79 Å². The van der Waals surface area contributed by atoms with Gasteiger partial charge in [-0.2, -0.15) is 5.10 Å². The Balaban J connectivity index is 1.94. The van der Waals surface area contributed by atoms with Crippen LogP contribution >= 0.6 is 0 Å². The average molecular weight is 279 g/mol. The number of hydrogen-bond acceptors (Lipinski definition) is 4. The van der Waals surface area contributed by atoms with Crippen LogP contribution in [0.3, 0.4) is 0 Å². The van der Waals surface area contributed by atoms with Crippen LogP contribution in [0.2, 0.25) is 0 Å². The normalized spacial score (nSPS) is 10.3. The highest BCUT2D eigenvalue weighted by atomic mass is 16.1. The maximum absolute atomic E-state index is 12.4. The van der Waals surface area contributed by atoms with Gasteiger partial charge in [0.1, 0.15) is 5.69 Å². The lowest BCUT2D eigenvalue weighted by Crippen LogP contribution is -2.12. The first-order valence-corrected chi connectivity index (χ1v) is 6.39. The Morgan fingerprint density at radius 2 is 1.90 bits per heavy atom. The number of amides is 1. The van der Waals surface area contributed by atoms with Gasteiger partial charge < -0.3 is 5.32 Å². The van der Waals surface area contributed by atoms with Crippen LogP contribution < -0.4 is 5.32 Å². The van der Waals surface area contributed by atoms with Crippen molar-refractivity contribution in [1.29, 1.82) is 0 Å². The van der Waals surface area contributed by atoms with Crippen molar-refractivity contribution in [3.63, 3.8) is 0 Å². The maximum Gasteiger partial charge on any atom is 0.259 e. The number of rotatable bonds is 3. The molecule has 0 bridgehead atoms. The molecule has 3 aromatic rings. The first-order chi connectivity index (χ1) is 10.2. The molecule has 21 heavy (non-hydrogen) atoms. The number of pyridine rings is 2. The molecular weight excluding hydrogens is 266 g/mol. The number of nitrogens with one attached hydrogen (secondary N) is 1. The van der Waals surface area contributed by atoms with E-state index in [0.29, 0.717) is 16.9 Å². The van der Waals surface area contributed by atoms with Crippen LogP contribution in [0.15, 0.2) is 55.2 Å². The molecule has 3 rings (SSSR count). The second-order valence-electron chi connectivity index (χ2n) is 4.50. The van der Waals surface area contributed by atoms with Crippen molar-refractivity contribution in [1.82, 2.24) is 19.7 Å². The van der Waals surface area contributed by atoms with Crippen molar-refractivity contribution in [3.8, 4) is 11.3 Å². The summed E-state index contributed by atoms with van der Waals surface area (Å²) < 4.78 is 1.61. The van der Waals surface area contributed by atoms with E-state index in [1.54, 1.807) is 54.8 Å². The summed E-state index contributed by atoms with van der Waals surface area (Å²) in [5, 5.41) is 7.15. The van der Waals surface area contributed by atoms with Gasteiger partial charge in [0.15, 0.2) is 0 Å². The van der Waals surface area contributed by atoms with Crippen molar-refractivity contribution in [3.05, 3.63) is 60.8 Å². The van der Waals surface area contributed by atoms with Gasteiger partial charge in [-0.25, -0.2) is 0 Å². The molecule has 0 fully saturated rings. The minimum atomic E-state index is -0.227. The highest BCUT2D eigenvalue weighted by molar-refractivity contribution is 6.07. The third-order valence-corrected chi connectivity index (χ3v) is 2.93. The molecule has 0 saturated carbocycles. The molecule has 1 amide bonds. The Bertz CT molecular complexity index is 752. The third-order valence-electron chi connectivity index (χ3n) is 2.93. The molecule has 0 spiro atoms.